The van der Waals surface area contributed by atoms with Crippen molar-refractivity contribution in [2.75, 3.05) is 24.6 Å². The highest BCUT2D eigenvalue weighted by atomic mass is 35.5. The van der Waals surface area contributed by atoms with E-state index < -0.39 is 24.4 Å². The molecule has 33 heavy (non-hydrogen) atoms. The molecule has 0 saturated carbocycles. The fourth-order valence-corrected chi connectivity index (χ4v) is 3.90. The van der Waals surface area contributed by atoms with Crippen molar-refractivity contribution < 1.29 is 23.9 Å². The molecule has 1 aliphatic rings. The van der Waals surface area contributed by atoms with Gasteiger partial charge < -0.3 is 9.64 Å². The van der Waals surface area contributed by atoms with Gasteiger partial charge in [0.15, 0.2) is 6.61 Å². The molecule has 7 nitrogen and oxygen atoms in total. The van der Waals surface area contributed by atoms with Crippen molar-refractivity contribution in [1.82, 2.24) is 4.90 Å². The van der Waals surface area contributed by atoms with Crippen LogP contribution in [0.4, 0.5) is 5.69 Å². The molecule has 3 amide bonds. The van der Waals surface area contributed by atoms with Gasteiger partial charge in [-0.3, -0.25) is 14.4 Å². The van der Waals surface area contributed by atoms with Crippen LogP contribution in [0.5, 0.6) is 0 Å². The molecule has 0 aliphatic carbocycles. The van der Waals surface area contributed by atoms with Crippen LogP contribution >= 0.6 is 11.6 Å². The minimum Gasteiger partial charge on any atom is -0.452 e. The predicted octanol–water partition coefficient (Wildman–Crippen LogP) is 4.44. The number of amides is 3. The third kappa shape index (κ3) is 5.42. The Morgan fingerprint density at radius 3 is 2.15 bits per heavy atom. The second-order valence-electron chi connectivity index (χ2n) is 8.82. The zero-order valence-electron chi connectivity index (χ0n) is 19.1. The summed E-state index contributed by atoms with van der Waals surface area (Å²) in [5.41, 5.74) is 0.619. The fraction of sp³-hybridized carbons (Fsp3) is 0.360. The highest BCUT2D eigenvalue weighted by Crippen LogP contribution is 2.33. The summed E-state index contributed by atoms with van der Waals surface area (Å²) in [6.45, 7) is 8.81. The number of ether oxygens (including phenoxy) is 1. The summed E-state index contributed by atoms with van der Waals surface area (Å²) in [5.74, 6) is -1.54. The maximum Gasteiger partial charge on any atom is 0.338 e. The second-order valence-corrected chi connectivity index (χ2v) is 9.23. The molecule has 1 aliphatic heterocycles. The Morgan fingerprint density at radius 2 is 1.55 bits per heavy atom. The number of para-hydroxylation sites is 1. The number of fused-ring (bicyclic) bond motifs is 1. The topological polar surface area (TPSA) is 84.0 Å². The molecule has 0 spiro atoms. The van der Waals surface area contributed by atoms with Gasteiger partial charge in [0.1, 0.15) is 0 Å². The second kappa shape index (κ2) is 10.2. The number of imide groups is 1. The lowest BCUT2D eigenvalue weighted by Gasteiger charge is -2.26. The summed E-state index contributed by atoms with van der Waals surface area (Å²) in [6.07, 6.45) is 0. The molecule has 8 heteroatoms. The first-order chi connectivity index (χ1) is 15.6. The molecule has 0 saturated heterocycles. The van der Waals surface area contributed by atoms with Gasteiger partial charge in [-0.2, -0.15) is 0 Å². The van der Waals surface area contributed by atoms with Crippen molar-refractivity contribution in [1.29, 1.82) is 0 Å². The van der Waals surface area contributed by atoms with Crippen molar-refractivity contribution in [3.63, 3.8) is 0 Å². The molecule has 0 aromatic heterocycles. The number of esters is 1. The van der Waals surface area contributed by atoms with Crippen molar-refractivity contribution in [3.8, 4) is 0 Å². The lowest BCUT2D eigenvalue weighted by Crippen LogP contribution is -2.39. The third-order valence-electron chi connectivity index (χ3n) is 5.07. The SMILES string of the molecule is CC(C)CN(CC(C)C)C(=O)COC(=O)c1ccc2c(c1)C(=O)N(c1ccccc1Cl)C2=O. The van der Waals surface area contributed by atoms with Crippen LogP contribution in [0.25, 0.3) is 0 Å². The number of halogens is 1. The molecule has 0 unspecified atom stereocenters. The van der Waals surface area contributed by atoms with Crippen LogP contribution in [0.3, 0.4) is 0 Å². The zero-order chi connectivity index (χ0) is 24.3. The molecule has 0 radical (unpaired) electrons. The van der Waals surface area contributed by atoms with Gasteiger partial charge in [-0.25, -0.2) is 9.69 Å². The van der Waals surface area contributed by atoms with Crippen molar-refractivity contribution in [2.24, 2.45) is 11.8 Å². The van der Waals surface area contributed by atoms with E-state index in [0.717, 1.165) is 4.90 Å². The van der Waals surface area contributed by atoms with E-state index in [2.05, 4.69) is 0 Å². The van der Waals surface area contributed by atoms with Crippen LogP contribution in [0.2, 0.25) is 5.02 Å². The quantitative estimate of drug-likeness (QED) is 0.420. The normalized spacial score (nSPS) is 13.0. The number of carbonyl (C=O) groups excluding carboxylic acids is 4. The van der Waals surface area contributed by atoms with Crippen LogP contribution in [0.1, 0.15) is 58.8 Å². The van der Waals surface area contributed by atoms with Gasteiger partial charge in [0.05, 0.1) is 27.4 Å². The molecule has 0 N–H and O–H groups in total. The van der Waals surface area contributed by atoms with Crippen LogP contribution in [-0.4, -0.2) is 48.3 Å². The van der Waals surface area contributed by atoms with Crippen LogP contribution < -0.4 is 4.90 Å². The maximum atomic E-state index is 12.9. The Hall–Kier alpha value is -3.19. The maximum absolute atomic E-state index is 12.9. The molecular weight excluding hydrogens is 444 g/mol. The lowest BCUT2D eigenvalue weighted by atomic mass is 10.1. The van der Waals surface area contributed by atoms with Crippen molar-refractivity contribution in [2.45, 2.75) is 27.7 Å². The van der Waals surface area contributed by atoms with E-state index in [-0.39, 0.29) is 45.1 Å². The Balaban J connectivity index is 1.74. The van der Waals surface area contributed by atoms with E-state index in [9.17, 15) is 19.2 Å². The molecule has 0 atom stereocenters. The van der Waals surface area contributed by atoms with Gasteiger partial charge in [-0.15, -0.1) is 0 Å². The fourth-order valence-electron chi connectivity index (χ4n) is 3.68. The van der Waals surface area contributed by atoms with E-state index in [1.807, 2.05) is 27.7 Å². The zero-order valence-corrected chi connectivity index (χ0v) is 19.9. The minimum atomic E-state index is -0.739. The Morgan fingerprint density at radius 1 is 0.939 bits per heavy atom. The first kappa shape index (κ1) is 24.5. The lowest BCUT2D eigenvalue weighted by molar-refractivity contribution is -0.135. The van der Waals surface area contributed by atoms with E-state index >= 15 is 0 Å². The first-order valence-corrected chi connectivity index (χ1v) is 11.2. The summed E-state index contributed by atoms with van der Waals surface area (Å²) in [7, 11) is 0. The monoisotopic (exact) mass is 470 g/mol. The molecule has 3 rings (SSSR count). The van der Waals surface area contributed by atoms with E-state index in [0.29, 0.717) is 13.1 Å². The predicted molar refractivity (Wildman–Crippen MR) is 126 cm³/mol. The highest BCUT2D eigenvalue weighted by Gasteiger charge is 2.38. The average molecular weight is 471 g/mol. The number of hydrogen-bond donors (Lipinski definition) is 0. The summed E-state index contributed by atoms with van der Waals surface area (Å²) < 4.78 is 5.23. The van der Waals surface area contributed by atoms with Crippen molar-refractivity contribution in [3.05, 3.63) is 64.2 Å². The summed E-state index contributed by atoms with van der Waals surface area (Å²) >= 11 is 6.16. The van der Waals surface area contributed by atoms with Gasteiger partial charge in [0, 0.05) is 13.1 Å². The number of rotatable bonds is 8. The van der Waals surface area contributed by atoms with Gasteiger partial charge in [-0.1, -0.05) is 51.4 Å². The number of benzene rings is 2. The summed E-state index contributed by atoms with van der Waals surface area (Å²) in [6, 6.07) is 10.7. The molecule has 2 aromatic carbocycles. The van der Waals surface area contributed by atoms with Gasteiger partial charge in [0.25, 0.3) is 17.7 Å². The molecular formula is C25H27ClN2O5. The van der Waals surface area contributed by atoms with E-state index in [1.165, 1.54) is 18.2 Å². The molecule has 174 valence electrons. The number of anilines is 1. The number of hydrogen-bond acceptors (Lipinski definition) is 5. The summed E-state index contributed by atoms with van der Waals surface area (Å²) in [4.78, 5) is 53.6. The standard InChI is InChI=1S/C25H27ClN2O5/c1-15(2)12-27(13-16(3)4)22(29)14-33-25(32)17-9-10-18-19(11-17)24(31)28(23(18)30)21-8-6-5-7-20(21)26/h5-11,15-16H,12-14H2,1-4H3. The van der Waals surface area contributed by atoms with Crippen LogP contribution in [-0.2, 0) is 9.53 Å². The van der Waals surface area contributed by atoms with E-state index in [4.69, 9.17) is 16.3 Å². The Bertz CT molecular complexity index is 1090. The Kier molecular flexibility index (Phi) is 7.53. The molecule has 1 heterocycles. The number of carbonyl (C=O) groups is 4. The number of nitrogens with zero attached hydrogens (tertiary/aromatic N) is 2. The highest BCUT2D eigenvalue weighted by molar-refractivity contribution is 6.39. The summed E-state index contributed by atoms with van der Waals surface area (Å²) in [5, 5.41) is 0.262. The minimum absolute atomic E-state index is 0.0851. The van der Waals surface area contributed by atoms with E-state index in [1.54, 1.807) is 29.2 Å². The Labute approximate surface area is 198 Å². The van der Waals surface area contributed by atoms with Gasteiger partial charge >= 0.3 is 5.97 Å². The first-order valence-electron chi connectivity index (χ1n) is 10.8. The van der Waals surface area contributed by atoms with Crippen LogP contribution in [0, 0.1) is 11.8 Å². The average Bonchev–Trinajstić information content (AvgIpc) is 3.00. The smallest absolute Gasteiger partial charge is 0.338 e. The van der Waals surface area contributed by atoms with Crippen LogP contribution in [0.15, 0.2) is 42.5 Å². The van der Waals surface area contributed by atoms with Crippen molar-refractivity contribution >= 4 is 41.0 Å². The molecule has 0 bridgehead atoms. The molecule has 0 fully saturated rings. The van der Waals surface area contributed by atoms with Gasteiger partial charge in [0.2, 0.25) is 0 Å². The van der Waals surface area contributed by atoms with Gasteiger partial charge in [-0.05, 0) is 42.2 Å². The largest absolute Gasteiger partial charge is 0.452 e. The molecule has 2 aromatic rings. The third-order valence-corrected chi connectivity index (χ3v) is 5.39.